The molecule has 2 aromatic rings. The van der Waals surface area contributed by atoms with Gasteiger partial charge in [0.2, 0.25) is 5.95 Å². The van der Waals surface area contributed by atoms with E-state index in [1.54, 1.807) is 6.07 Å². The van der Waals surface area contributed by atoms with Crippen molar-refractivity contribution in [2.75, 3.05) is 16.8 Å². The summed E-state index contributed by atoms with van der Waals surface area (Å²) in [6.45, 7) is 0. The minimum atomic E-state index is -0.565. The molecule has 2 rings (SSSR count). The molecule has 88 valence electrons. The van der Waals surface area contributed by atoms with Gasteiger partial charge in [0.1, 0.15) is 11.6 Å². The molecule has 0 aliphatic heterocycles. The standard InChI is InChI=1S/C10H9ClFN5/c11-5-2-1-3-6(9(5)12)15-8-4-7(13)16-10(14)17-8/h1-4H,(H5,13,14,15,16,17). The zero-order valence-electron chi connectivity index (χ0n) is 8.61. The van der Waals surface area contributed by atoms with Gasteiger partial charge in [-0.25, -0.2) is 4.39 Å². The van der Waals surface area contributed by atoms with Crippen molar-refractivity contribution in [1.82, 2.24) is 9.97 Å². The van der Waals surface area contributed by atoms with E-state index >= 15 is 0 Å². The normalized spacial score (nSPS) is 10.2. The van der Waals surface area contributed by atoms with Gasteiger partial charge in [0, 0.05) is 6.07 Å². The number of nitrogen functional groups attached to an aromatic ring is 2. The molecule has 0 aliphatic carbocycles. The average molecular weight is 254 g/mol. The molecule has 17 heavy (non-hydrogen) atoms. The molecule has 1 aromatic carbocycles. The second-order valence-corrected chi connectivity index (χ2v) is 3.67. The Morgan fingerprint density at radius 2 is 2.00 bits per heavy atom. The van der Waals surface area contributed by atoms with Crippen molar-refractivity contribution < 1.29 is 4.39 Å². The third-order valence-corrected chi connectivity index (χ3v) is 2.27. The lowest BCUT2D eigenvalue weighted by Gasteiger charge is -2.08. The molecule has 0 saturated carbocycles. The first-order chi connectivity index (χ1) is 8.06. The molecule has 0 spiro atoms. The Kier molecular flexibility index (Phi) is 2.97. The zero-order chi connectivity index (χ0) is 12.4. The van der Waals surface area contributed by atoms with Crippen molar-refractivity contribution in [3.8, 4) is 0 Å². The lowest BCUT2D eigenvalue weighted by atomic mass is 10.3. The molecule has 0 fully saturated rings. The molecule has 5 N–H and O–H groups in total. The van der Waals surface area contributed by atoms with Gasteiger partial charge in [-0.2, -0.15) is 9.97 Å². The fourth-order valence-electron chi connectivity index (χ4n) is 1.29. The number of halogens is 2. The van der Waals surface area contributed by atoms with E-state index in [-0.39, 0.29) is 22.5 Å². The first-order valence-corrected chi connectivity index (χ1v) is 5.05. The number of nitrogens with one attached hydrogen (secondary N) is 1. The Hall–Kier alpha value is -2.08. The van der Waals surface area contributed by atoms with Crippen LogP contribution in [0.15, 0.2) is 24.3 Å². The molecule has 0 radical (unpaired) electrons. The number of aromatic nitrogens is 2. The zero-order valence-corrected chi connectivity index (χ0v) is 9.37. The number of benzene rings is 1. The maximum Gasteiger partial charge on any atom is 0.223 e. The summed E-state index contributed by atoms with van der Waals surface area (Å²) in [5, 5.41) is 2.74. The van der Waals surface area contributed by atoms with Crippen LogP contribution in [0.4, 0.5) is 27.7 Å². The third kappa shape index (κ3) is 2.54. The van der Waals surface area contributed by atoms with Crippen LogP contribution in [0.5, 0.6) is 0 Å². The summed E-state index contributed by atoms with van der Waals surface area (Å²) >= 11 is 5.65. The fourth-order valence-corrected chi connectivity index (χ4v) is 1.46. The number of nitrogens with zero attached hydrogens (tertiary/aromatic N) is 2. The summed E-state index contributed by atoms with van der Waals surface area (Å²) in [6.07, 6.45) is 0. The highest BCUT2D eigenvalue weighted by Crippen LogP contribution is 2.25. The Morgan fingerprint density at radius 1 is 1.24 bits per heavy atom. The Bertz CT molecular complexity index is 540. The van der Waals surface area contributed by atoms with E-state index < -0.39 is 5.82 Å². The summed E-state index contributed by atoms with van der Waals surface area (Å²) in [4.78, 5) is 7.57. The van der Waals surface area contributed by atoms with Crippen LogP contribution in [-0.2, 0) is 0 Å². The number of hydrogen-bond donors (Lipinski definition) is 3. The second-order valence-electron chi connectivity index (χ2n) is 3.26. The minimum Gasteiger partial charge on any atom is -0.383 e. The summed E-state index contributed by atoms with van der Waals surface area (Å²) in [7, 11) is 0. The first-order valence-electron chi connectivity index (χ1n) is 4.67. The molecule has 0 atom stereocenters. The highest BCUT2D eigenvalue weighted by molar-refractivity contribution is 6.31. The number of rotatable bonds is 2. The maximum absolute atomic E-state index is 13.6. The molecule has 0 bridgehead atoms. The molecular weight excluding hydrogens is 245 g/mol. The maximum atomic E-state index is 13.6. The van der Waals surface area contributed by atoms with E-state index in [1.165, 1.54) is 18.2 Å². The molecule has 5 nitrogen and oxygen atoms in total. The second kappa shape index (κ2) is 4.42. The summed E-state index contributed by atoms with van der Waals surface area (Å²) in [5.74, 6) is -0.0570. The Morgan fingerprint density at radius 3 is 2.71 bits per heavy atom. The van der Waals surface area contributed by atoms with Crippen molar-refractivity contribution >= 4 is 34.9 Å². The van der Waals surface area contributed by atoms with Crippen LogP contribution in [0.2, 0.25) is 5.02 Å². The largest absolute Gasteiger partial charge is 0.383 e. The van der Waals surface area contributed by atoms with E-state index in [1.807, 2.05) is 0 Å². The lowest BCUT2D eigenvalue weighted by Crippen LogP contribution is -2.03. The molecule has 1 heterocycles. The van der Waals surface area contributed by atoms with E-state index in [0.717, 1.165) is 0 Å². The topological polar surface area (TPSA) is 89.8 Å². The Labute approximate surface area is 102 Å². The SMILES string of the molecule is Nc1cc(Nc2cccc(Cl)c2F)nc(N)n1. The van der Waals surface area contributed by atoms with Crippen molar-refractivity contribution in [2.24, 2.45) is 0 Å². The summed E-state index contributed by atoms with van der Waals surface area (Å²) in [6, 6.07) is 6.03. The molecule has 0 unspecified atom stereocenters. The van der Waals surface area contributed by atoms with Gasteiger partial charge in [0.05, 0.1) is 10.7 Å². The van der Waals surface area contributed by atoms with Crippen LogP contribution in [-0.4, -0.2) is 9.97 Å². The first kappa shape index (κ1) is 11.4. The fraction of sp³-hybridized carbons (Fsp3) is 0. The van der Waals surface area contributed by atoms with E-state index in [0.29, 0.717) is 5.82 Å². The van der Waals surface area contributed by atoms with Crippen LogP contribution in [0, 0.1) is 5.82 Å². The van der Waals surface area contributed by atoms with Gasteiger partial charge < -0.3 is 16.8 Å². The Balaban J connectivity index is 2.34. The molecular formula is C10H9ClFN5. The van der Waals surface area contributed by atoms with Crippen LogP contribution in [0.25, 0.3) is 0 Å². The van der Waals surface area contributed by atoms with Gasteiger partial charge in [-0.05, 0) is 12.1 Å². The number of anilines is 4. The van der Waals surface area contributed by atoms with Crippen LogP contribution < -0.4 is 16.8 Å². The molecule has 0 aliphatic rings. The average Bonchev–Trinajstić information content (AvgIpc) is 2.23. The van der Waals surface area contributed by atoms with Crippen LogP contribution in [0.1, 0.15) is 0 Å². The third-order valence-electron chi connectivity index (χ3n) is 1.98. The van der Waals surface area contributed by atoms with Crippen LogP contribution in [0.3, 0.4) is 0 Å². The predicted octanol–water partition coefficient (Wildman–Crippen LogP) is 2.18. The van der Waals surface area contributed by atoms with Gasteiger partial charge >= 0.3 is 0 Å². The van der Waals surface area contributed by atoms with E-state index in [9.17, 15) is 4.39 Å². The monoisotopic (exact) mass is 253 g/mol. The highest BCUT2D eigenvalue weighted by atomic mass is 35.5. The molecule has 7 heteroatoms. The van der Waals surface area contributed by atoms with Crippen LogP contribution >= 0.6 is 11.6 Å². The quantitative estimate of drug-likeness (QED) is 0.763. The number of hydrogen-bond acceptors (Lipinski definition) is 5. The van der Waals surface area contributed by atoms with Gasteiger partial charge in [-0.15, -0.1) is 0 Å². The lowest BCUT2D eigenvalue weighted by molar-refractivity contribution is 0.632. The molecule has 0 saturated heterocycles. The van der Waals surface area contributed by atoms with E-state index in [4.69, 9.17) is 23.1 Å². The van der Waals surface area contributed by atoms with Gasteiger partial charge in [-0.1, -0.05) is 17.7 Å². The minimum absolute atomic E-state index is 0.00920. The number of nitrogens with two attached hydrogens (primary N) is 2. The summed E-state index contributed by atoms with van der Waals surface area (Å²) in [5.41, 5.74) is 11.1. The molecule has 0 amide bonds. The predicted molar refractivity (Wildman–Crippen MR) is 65.5 cm³/mol. The van der Waals surface area contributed by atoms with Crippen molar-refractivity contribution in [3.63, 3.8) is 0 Å². The smallest absolute Gasteiger partial charge is 0.223 e. The van der Waals surface area contributed by atoms with E-state index in [2.05, 4.69) is 15.3 Å². The van der Waals surface area contributed by atoms with Crippen molar-refractivity contribution in [1.29, 1.82) is 0 Å². The highest BCUT2D eigenvalue weighted by Gasteiger charge is 2.07. The summed E-state index contributed by atoms with van der Waals surface area (Å²) < 4.78 is 13.6. The van der Waals surface area contributed by atoms with Gasteiger partial charge in [0.25, 0.3) is 0 Å². The van der Waals surface area contributed by atoms with Gasteiger partial charge in [-0.3, -0.25) is 0 Å². The van der Waals surface area contributed by atoms with Crippen molar-refractivity contribution in [3.05, 3.63) is 35.1 Å². The van der Waals surface area contributed by atoms with Crippen molar-refractivity contribution in [2.45, 2.75) is 0 Å². The molecule has 1 aromatic heterocycles. The van der Waals surface area contributed by atoms with Gasteiger partial charge in [0.15, 0.2) is 5.82 Å².